The molecule has 0 amide bonds. The molecule has 3 heteroatoms. The molecule has 0 unspecified atom stereocenters. The largest absolute Gasteiger partial charge is 0.208 e. The van der Waals surface area contributed by atoms with Crippen molar-refractivity contribution in [2.75, 3.05) is 0 Å². The van der Waals surface area contributed by atoms with Gasteiger partial charge in [-0.3, -0.25) is 0 Å². The summed E-state index contributed by atoms with van der Waals surface area (Å²) in [5.74, 6) is 1.95. The fourth-order valence-corrected chi connectivity index (χ4v) is 9.80. The van der Waals surface area contributed by atoms with Crippen LogP contribution in [0, 0.1) is 0 Å². The minimum atomic E-state index is -0.477. The van der Waals surface area contributed by atoms with Crippen LogP contribution in [0.15, 0.2) is 188 Å². The average Bonchev–Trinajstić information content (AvgIpc) is 3.57. The molecule has 3 nitrogen and oxygen atoms in total. The summed E-state index contributed by atoms with van der Waals surface area (Å²) in [4.78, 5) is 15.7. The first-order valence-electron chi connectivity index (χ1n) is 19.4. The summed E-state index contributed by atoms with van der Waals surface area (Å²) >= 11 is 0. The van der Waals surface area contributed by atoms with Crippen molar-refractivity contribution in [3.63, 3.8) is 0 Å². The number of fused-ring (bicyclic) bond motifs is 10. The maximum atomic E-state index is 5.31. The van der Waals surface area contributed by atoms with E-state index in [4.69, 9.17) is 15.0 Å². The van der Waals surface area contributed by atoms with E-state index in [1.54, 1.807) is 0 Å². The third-order valence-electron chi connectivity index (χ3n) is 12.2. The lowest BCUT2D eigenvalue weighted by Crippen LogP contribution is -2.40. The third kappa shape index (κ3) is 4.55. The van der Waals surface area contributed by atoms with Crippen molar-refractivity contribution >= 4 is 10.8 Å². The number of nitrogens with zero attached hydrogens (tertiary/aromatic N) is 3. The molecular formula is C53H37N3. The van der Waals surface area contributed by atoms with E-state index in [2.05, 4.69) is 184 Å². The number of hydrogen-bond acceptors (Lipinski definition) is 3. The lowest BCUT2D eigenvalue weighted by Gasteiger charge is -2.46. The molecule has 1 aromatic heterocycles. The minimum Gasteiger partial charge on any atom is -0.208 e. The van der Waals surface area contributed by atoms with Crippen LogP contribution in [0.5, 0.6) is 0 Å². The first-order chi connectivity index (χ1) is 27.5. The molecule has 0 N–H and O–H groups in total. The zero-order chi connectivity index (χ0) is 37.4. The lowest BCUT2D eigenvalue weighted by molar-refractivity contribution is 0.563. The molecule has 1 heterocycles. The molecule has 11 rings (SSSR count). The zero-order valence-corrected chi connectivity index (χ0v) is 31.2. The van der Waals surface area contributed by atoms with Gasteiger partial charge in [-0.15, -0.1) is 0 Å². The quantitative estimate of drug-likeness (QED) is 0.182. The summed E-state index contributed by atoms with van der Waals surface area (Å²) in [5.41, 5.74) is 15.1. The summed E-state index contributed by atoms with van der Waals surface area (Å²) in [5, 5.41) is 2.26. The highest BCUT2D eigenvalue weighted by atomic mass is 15.0. The summed E-state index contributed by atoms with van der Waals surface area (Å²) in [6.45, 7) is 4.74. The molecular weight excluding hydrogens is 679 g/mol. The van der Waals surface area contributed by atoms with Gasteiger partial charge in [0, 0.05) is 22.1 Å². The van der Waals surface area contributed by atoms with Crippen molar-refractivity contribution in [1.82, 2.24) is 15.0 Å². The smallest absolute Gasteiger partial charge is 0.164 e. The van der Waals surface area contributed by atoms with E-state index in [1.165, 1.54) is 44.5 Å². The predicted molar refractivity (Wildman–Crippen MR) is 229 cm³/mol. The van der Waals surface area contributed by atoms with E-state index in [-0.39, 0.29) is 5.41 Å². The van der Waals surface area contributed by atoms with Crippen molar-refractivity contribution in [1.29, 1.82) is 0 Å². The molecule has 0 fully saturated rings. The van der Waals surface area contributed by atoms with Crippen LogP contribution in [0.3, 0.4) is 0 Å². The Bertz CT molecular complexity index is 2960. The Labute approximate surface area is 327 Å². The highest BCUT2D eigenvalue weighted by molar-refractivity contribution is 6.00. The molecule has 0 radical (unpaired) electrons. The highest BCUT2D eigenvalue weighted by Crippen LogP contribution is 2.63. The van der Waals surface area contributed by atoms with Crippen LogP contribution < -0.4 is 0 Å². The Hall–Kier alpha value is -6.97. The van der Waals surface area contributed by atoms with E-state index in [0.717, 1.165) is 38.6 Å². The van der Waals surface area contributed by atoms with Crippen LogP contribution in [0.4, 0.5) is 0 Å². The molecule has 9 aromatic rings. The molecule has 0 saturated carbocycles. The van der Waals surface area contributed by atoms with E-state index in [1.807, 2.05) is 18.2 Å². The van der Waals surface area contributed by atoms with Gasteiger partial charge in [-0.05, 0) is 66.4 Å². The SMILES string of the molecule is CC1(C)c2ccccc2C2(c3ccccc3-c3c(-c4ccccc4-c4nc(-c5ccccc5)nc(-c5cccc6ccccc56)n4)cccc32)c2ccccc21. The summed E-state index contributed by atoms with van der Waals surface area (Å²) in [7, 11) is 0. The predicted octanol–water partition coefficient (Wildman–Crippen LogP) is 12.7. The molecule has 0 bridgehead atoms. The molecule has 1 spiro atoms. The van der Waals surface area contributed by atoms with Gasteiger partial charge >= 0.3 is 0 Å². The molecule has 264 valence electrons. The average molecular weight is 716 g/mol. The van der Waals surface area contributed by atoms with Gasteiger partial charge in [0.25, 0.3) is 0 Å². The van der Waals surface area contributed by atoms with Gasteiger partial charge in [0.2, 0.25) is 0 Å². The molecule has 0 saturated heterocycles. The number of hydrogen-bond donors (Lipinski definition) is 0. The van der Waals surface area contributed by atoms with Crippen LogP contribution in [-0.2, 0) is 10.8 Å². The monoisotopic (exact) mass is 715 g/mol. The van der Waals surface area contributed by atoms with Gasteiger partial charge in [0.1, 0.15) is 0 Å². The Kier molecular flexibility index (Phi) is 7.11. The summed E-state index contributed by atoms with van der Waals surface area (Å²) < 4.78 is 0. The Morgan fingerprint density at radius 2 is 0.786 bits per heavy atom. The second-order valence-corrected chi connectivity index (χ2v) is 15.5. The number of aromatic nitrogens is 3. The van der Waals surface area contributed by atoms with Crippen molar-refractivity contribution in [3.05, 3.63) is 221 Å². The molecule has 0 aliphatic heterocycles. The maximum absolute atomic E-state index is 5.31. The normalized spacial score (nSPS) is 14.2. The standard InChI is InChI=1S/C53H37N3/c1-52(2)43-29-12-14-31-45(43)53(46-32-15-13-30-44(46)52)42-28-11-10-25-41(42)48-38(26-17-33-47(48)53)37-23-8-9-24-40(37)51-55-49(35-19-4-3-5-20-35)54-50(56-51)39-27-16-21-34-18-6-7-22-36(34)39/h3-33H,1-2H3. The molecule has 56 heavy (non-hydrogen) atoms. The maximum Gasteiger partial charge on any atom is 0.164 e. The fraction of sp³-hybridized carbons (Fsp3) is 0.0755. The van der Waals surface area contributed by atoms with Crippen LogP contribution in [-0.4, -0.2) is 15.0 Å². The second-order valence-electron chi connectivity index (χ2n) is 15.5. The lowest BCUT2D eigenvalue weighted by atomic mass is 9.55. The Balaban J connectivity index is 1.19. The van der Waals surface area contributed by atoms with Gasteiger partial charge in [-0.2, -0.15) is 0 Å². The molecule has 0 atom stereocenters. The summed E-state index contributed by atoms with van der Waals surface area (Å²) in [6, 6.07) is 67.8. The number of rotatable bonds is 4. The van der Waals surface area contributed by atoms with Gasteiger partial charge in [0.05, 0.1) is 5.41 Å². The van der Waals surface area contributed by atoms with Crippen molar-refractivity contribution < 1.29 is 0 Å². The topological polar surface area (TPSA) is 38.7 Å². The van der Waals surface area contributed by atoms with Gasteiger partial charge in [0.15, 0.2) is 17.5 Å². The van der Waals surface area contributed by atoms with Crippen LogP contribution >= 0.6 is 0 Å². The van der Waals surface area contributed by atoms with E-state index in [9.17, 15) is 0 Å². The highest BCUT2D eigenvalue weighted by Gasteiger charge is 2.53. The molecule has 2 aliphatic carbocycles. The first kappa shape index (κ1) is 32.5. The van der Waals surface area contributed by atoms with Crippen LogP contribution in [0.1, 0.15) is 47.2 Å². The number of benzene rings is 8. The van der Waals surface area contributed by atoms with E-state index < -0.39 is 5.41 Å². The van der Waals surface area contributed by atoms with Crippen molar-refractivity contribution in [3.8, 4) is 56.4 Å². The van der Waals surface area contributed by atoms with E-state index in [0.29, 0.717) is 17.5 Å². The molecule has 2 aliphatic rings. The third-order valence-corrected chi connectivity index (χ3v) is 12.2. The second kappa shape index (κ2) is 12.3. The Morgan fingerprint density at radius 1 is 0.321 bits per heavy atom. The Morgan fingerprint density at radius 3 is 1.52 bits per heavy atom. The fourth-order valence-electron chi connectivity index (χ4n) is 9.80. The van der Waals surface area contributed by atoms with Gasteiger partial charge < -0.3 is 0 Å². The molecule has 8 aromatic carbocycles. The minimum absolute atomic E-state index is 0.155. The van der Waals surface area contributed by atoms with Crippen LogP contribution in [0.2, 0.25) is 0 Å². The van der Waals surface area contributed by atoms with Gasteiger partial charge in [-0.25, -0.2) is 15.0 Å². The first-order valence-corrected chi connectivity index (χ1v) is 19.4. The van der Waals surface area contributed by atoms with E-state index >= 15 is 0 Å². The zero-order valence-electron chi connectivity index (χ0n) is 31.2. The van der Waals surface area contributed by atoms with Crippen molar-refractivity contribution in [2.24, 2.45) is 0 Å². The van der Waals surface area contributed by atoms with Crippen LogP contribution in [0.25, 0.3) is 67.2 Å². The summed E-state index contributed by atoms with van der Waals surface area (Å²) in [6.07, 6.45) is 0. The van der Waals surface area contributed by atoms with Gasteiger partial charge in [-0.1, -0.05) is 202 Å². The van der Waals surface area contributed by atoms with Crippen molar-refractivity contribution in [2.45, 2.75) is 24.7 Å².